The van der Waals surface area contributed by atoms with Crippen LogP contribution in [0.5, 0.6) is 0 Å². The molecular formula is C15H21NO2. The summed E-state index contributed by atoms with van der Waals surface area (Å²) in [5.74, 6) is -0.719. The minimum Gasteiger partial charge on any atom is -0.480 e. The van der Waals surface area contributed by atoms with E-state index in [4.69, 9.17) is 0 Å². The van der Waals surface area contributed by atoms with E-state index in [1.807, 2.05) is 26.0 Å². The van der Waals surface area contributed by atoms with Crippen LogP contribution in [0.3, 0.4) is 0 Å². The van der Waals surface area contributed by atoms with Crippen LogP contribution in [-0.4, -0.2) is 16.6 Å². The smallest absolute Gasteiger partial charge is 0.329 e. The third kappa shape index (κ3) is 2.50. The average Bonchev–Trinajstić information content (AvgIpc) is 2.35. The highest BCUT2D eigenvalue weighted by atomic mass is 16.4. The number of benzene rings is 1. The number of carboxylic acids is 1. The van der Waals surface area contributed by atoms with Gasteiger partial charge in [-0.2, -0.15) is 0 Å². The molecule has 1 fully saturated rings. The third-order valence-corrected chi connectivity index (χ3v) is 3.88. The highest BCUT2D eigenvalue weighted by Crippen LogP contribution is 2.33. The average molecular weight is 247 g/mol. The lowest BCUT2D eigenvalue weighted by atomic mass is 9.81. The summed E-state index contributed by atoms with van der Waals surface area (Å²) in [5.41, 5.74) is 2.45. The van der Waals surface area contributed by atoms with E-state index in [2.05, 4.69) is 11.4 Å². The van der Waals surface area contributed by atoms with Gasteiger partial charge in [-0.05, 0) is 43.9 Å². The molecule has 0 spiro atoms. The van der Waals surface area contributed by atoms with Crippen LogP contribution in [0.25, 0.3) is 0 Å². The summed E-state index contributed by atoms with van der Waals surface area (Å²) in [6.07, 6.45) is 4.56. The monoisotopic (exact) mass is 247 g/mol. The van der Waals surface area contributed by atoms with Gasteiger partial charge in [0.15, 0.2) is 0 Å². The molecule has 1 aliphatic rings. The molecule has 1 aromatic carbocycles. The zero-order valence-corrected chi connectivity index (χ0v) is 11.1. The second kappa shape index (κ2) is 5.01. The summed E-state index contributed by atoms with van der Waals surface area (Å²) in [5, 5.41) is 12.9. The Labute approximate surface area is 108 Å². The van der Waals surface area contributed by atoms with Crippen LogP contribution in [0.2, 0.25) is 0 Å². The van der Waals surface area contributed by atoms with Crippen molar-refractivity contribution in [2.24, 2.45) is 0 Å². The minimum absolute atomic E-state index is 0.718. The maximum absolute atomic E-state index is 11.6. The molecule has 0 atom stereocenters. The Morgan fingerprint density at radius 1 is 1.22 bits per heavy atom. The molecule has 0 radical (unpaired) electrons. The van der Waals surface area contributed by atoms with Gasteiger partial charge in [0.2, 0.25) is 0 Å². The lowest BCUT2D eigenvalue weighted by molar-refractivity contribution is -0.143. The minimum atomic E-state index is -0.767. The van der Waals surface area contributed by atoms with Crippen molar-refractivity contribution in [1.29, 1.82) is 0 Å². The molecule has 1 aromatic rings. The first-order valence-corrected chi connectivity index (χ1v) is 6.62. The largest absolute Gasteiger partial charge is 0.480 e. The van der Waals surface area contributed by atoms with Crippen molar-refractivity contribution in [2.75, 3.05) is 5.32 Å². The van der Waals surface area contributed by atoms with Crippen molar-refractivity contribution in [3.05, 3.63) is 29.3 Å². The number of hydrogen-bond donors (Lipinski definition) is 2. The van der Waals surface area contributed by atoms with Crippen molar-refractivity contribution in [1.82, 2.24) is 0 Å². The van der Waals surface area contributed by atoms with Crippen LogP contribution >= 0.6 is 0 Å². The summed E-state index contributed by atoms with van der Waals surface area (Å²) >= 11 is 0. The van der Waals surface area contributed by atoms with Gasteiger partial charge >= 0.3 is 5.97 Å². The Balaban J connectivity index is 2.28. The number of carboxylic acid groups (broad SMARTS) is 1. The van der Waals surface area contributed by atoms with Crippen LogP contribution in [0.15, 0.2) is 18.2 Å². The van der Waals surface area contributed by atoms with Crippen LogP contribution in [0.4, 0.5) is 5.69 Å². The van der Waals surface area contributed by atoms with E-state index in [1.165, 1.54) is 0 Å². The molecule has 1 saturated carbocycles. The highest BCUT2D eigenvalue weighted by Gasteiger charge is 2.39. The molecule has 18 heavy (non-hydrogen) atoms. The SMILES string of the molecule is Cc1ccc(C)c(NC2(C(=O)O)CCCCC2)c1. The summed E-state index contributed by atoms with van der Waals surface area (Å²) in [6.45, 7) is 4.04. The van der Waals surface area contributed by atoms with Gasteiger partial charge in [0.05, 0.1) is 0 Å². The summed E-state index contributed by atoms with van der Waals surface area (Å²) in [6, 6.07) is 6.12. The van der Waals surface area contributed by atoms with Crippen molar-refractivity contribution in [3.63, 3.8) is 0 Å². The Bertz CT molecular complexity index is 448. The van der Waals surface area contributed by atoms with Gasteiger partial charge in [0.25, 0.3) is 0 Å². The molecule has 0 amide bonds. The molecule has 2 N–H and O–H groups in total. The van der Waals surface area contributed by atoms with E-state index in [9.17, 15) is 9.90 Å². The van der Waals surface area contributed by atoms with E-state index in [-0.39, 0.29) is 0 Å². The third-order valence-electron chi connectivity index (χ3n) is 3.88. The van der Waals surface area contributed by atoms with Gasteiger partial charge in [-0.15, -0.1) is 0 Å². The Morgan fingerprint density at radius 3 is 2.50 bits per heavy atom. The molecule has 0 unspecified atom stereocenters. The predicted molar refractivity (Wildman–Crippen MR) is 73.0 cm³/mol. The first kappa shape index (κ1) is 12.9. The number of carbonyl (C=O) groups is 1. The molecule has 3 nitrogen and oxygen atoms in total. The van der Waals surface area contributed by atoms with E-state index < -0.39 is 11.5 Å². The summed E-state index contributed by atoms with van der Waals surface area (Å²) in [4.78, 5) is 11.6. The molecule has 1 aliphatic carbocycles. The second-order valence-electron chi connectivity index (χ2n) is 5.39. The van der Waals surface area contributed by atoms with Gasteiger partial charge < -0.3 is 10.4 Å². The first-order chi connectivity index (χ1) is 8.53. The number of rotatable bonds is 3. The predicted octanol–water partition coefficient (Wildman–Crippen LogP) is 3.50. The lowest BCUT2D eigenvalue weighted by Crippen LogP contribution is -2.48. The summed E-state index contributed by atoms with van der Waals surface area (Å²) in [7, 11) is 0. The lowest BCUT2D eigenvalue weighted by Gasteiger charge is -2.35. The van der Waals surface area contributed by atoms with Crippen LogP contribution in [0.1, 0.15) is 43.2 Å². The van der Waals surface area contributed by atoms with Crippen molar-refractivity contribution in [3.8, 4) is 0 Å². The number of aryl methyl sites for hydroxylation is 2. The Morgan fingerprint density at radius 2 is 1.89 bits per heavy atom. The number of anilines is 1. The first-order valence-electron chi connectivity index (χ1n) is 6.62. The van der Waals surface area contributed by atoms with E-state index in [1.54, 1.807) is 0 Å². The molecule has 98 valence electrons. The van der Waals surface area contributed by atoms with E-state index in [0.29, 0.717) is 0 Å². The normalized spacial score (nSPS) is 18.3. The summed E-state index contributed by atoms with van der Waals surface area (Å²) < 4.78 is 0. The highest BCUT2D eigenvalue weighted by molar-refractivity contribution is 5.83. The van der Waals surface area contributed by atoms with Crippen molar-refractivity contribution >= 4 is 11.7 Å². The van der Waals surface area contributed by atoms with Gasteiger partial charge in [0, 0.05) is 5.69 Å². The fourth-order valence-corrected chi connectivity index (χ4v) is 2.68. The molecule has 0 aliphatic heterocycles. The number of aliphatic carboxylic acids is 1. The van der Waals surface area contributed by atoms with Gasteiger partial charge in [-0.3, -0.25) is 0 Å². The molecule has 0 aromatic heterocycles. The Hall–Kier alpha value is -1.51. The quantitative estimate of drug-likeness (QED) is 0.859. The van der Waals surface area contributed by atoms with Gasteiger partial charge in [-0.25, -0.2) is 4.79 Å². The van der Waals surface area contributed by atoms with Gasteiger partial charge in [0.1, 0.15) is 5.54 Å². The maximum Gasteiger partial charge on any atom is 0.329 e. The fraction of sp³-hybridized carbons (Fsp3) is 0.533. The number of hydrogen-bond acceptors (Lipinski definition) is 2. The van der Waals surface area contributed by atoms with Crippen LogP contribution in [0, 0.1) is 13.8 Å². The molecule has 0 saturated heterocycles. The van der Waals surface area contributed by atoms with Crippen LogP contribution < -0.4 is 5.32 Å². The topological polar surface area (TPSA) is 49.3 Å². The fourth-order valence-electron chi connectivity index (χ4n) is 2.68. The van der Waals surface area contributed by atoms with Crippen LogP contribution in [-0.2, 0) is 4.79 Å². The number of nitrogens with one attached hydrogen (secondary N) is 1. The zero-order chi connectivity index (χ0) is 13.2. The second-order valence-corrected chi connectivity index (χ2v) is 5.39. The maximum atomic E-state index is 11.6. The van der Waals surface area contributed by atoms with E-state index >= 15 is 0 Å². The molecule has 3 heteroatoms. The van der Waals surface area contributed by atoms with Crippen molar-refractivity contribution in [2.45, 2.75) is 51.5 Å². The van der Waals surface area contributed by atoms with Crippen molar-refractivity contribution < 1.29 is 9.90 Å². The standard InChI is InChI=1S/C15H21NO2/c1-11-6-7-12(2)13(10-11)16-15(14(17)18)8-4-3-5-9-15/h6-7,10,16H,3-5,8-9H2,1-2H3,(H,17,18). The molecular weight excluding hydrogens is 226 g/mol. The van der Waals surface area contributed by atoms with E-state index in [0.717, 1.165) is 48.9 Å². The molecule has 0 bridgehead atoms. The molecule has 2 rings (SSSR count). The van der Waals surface area contributed by atoms with Gasteiger partial charge in [-0.1, -0.05) is 31.4 Å². The zero-order valence-electron chi connectivity index (χ0n) is 11.1. The Kier molecular flexibility index (Phi) is 3.60. The molecule has 0 heterocycles.